The molecular formula is C24H20N6O2Pt. The van der Waals surface area contributed by atoms with Crippen molar-refractivity contribution < 1.29 is 30.5 Å². The second-order valence-electron chi connectivity index (χ2n) is 6.88. The van der Waals surface area contributed by atoms with Gasteiger partial charge in [0.1, 0.15) is 11.8 Å². The Morgan fingerprint density at radius 3 is 2.06 bits per heavy atom. The second-order valence-corrected chi connectivity index (χ2v) is 6.88. The minimum Gasteiger partial charge on any atom is -0.522 e. The van der Waals surface area contributed by atoms with Crippen molar-refractivity contribution in [2.24, 2.45) is 0 Å². The van der Waals surface area contributed by atoms with E-state index in [9.17, 15) is 5.26 Å². The Morgan fingerprint density at radius 1 is 0.970 bits per heavy atom. The predicted molar refractivity (Wildman–Crippen MR) is 119 cm³/mol. The molecule has 9 heteroatoms. The van der Waals surface area contributed by atoms with E-state index in [-0.39, 0.29) is 21.1 Å². The fraction of sp³-hybridized carbons (Fsp3) is 0.167. The van der Waals surface area contributed by atoms with Crippen LogP contribution in [0.3, 0.4) is 0 Å². The van der Waals surface area contributed by atoms with E-state index in [1.165, 1.54) is 0 Å². The first-order valence-electron chi connectivity index (χ1n) is 9.78. The van der Waals surface area contributed by atoms with Crippen LogP contribution in [0.1, 0.15) is 0 Å². The quantitative estimate of drug-likeness (QED) is 0.440. The van der Waals surface area contributed by atoms with Crippen molar-refractivity contribution in [2.75, 3.05) is 37.1 Å². The smallest absolute Gasteiger partial charge is 0.522 e. The molecule has 0 saturated carbocycles. The molecule has 0 atom stereocenters. The first-order valence-corrected chi connectivity index (χ1v) is 9.78. The molecule has 0 aromatic heterocycles. The summed E-state index contributed by atoms with van der Waals surface area (Å²) in [6, 6.07) is 19.4. The molecule has 0 amide bonds. The monoisotopic (exact) mass is 619 g/mol. The fourth-order valence-corrected chi connectivity index (χ4v) is 3.33. The Kier molecular flexibility index (Phi) is 7.87. The van der Waals surface area contributed by atoms with Crippen LogP contribution in [-0.2, 0) is 21.1 Å². The van der Waals surface area contributed by atoms with Gasteiger partial charge in [0.15, 0.2) is 0 Å². The van der Waals surface area contributed by atoms with Crippen LogP contribution in [0.15, 0.2) is 60.3 Å². The number of hydrogen-bond acceptors (Lipinski definition) is 7. The second kappa shape index (κ2) is 10.8. The third kappa shape index (κ3) is 5.25. The molecule has 4 rings (SSSR count). The summed E-state index contributed by atoms with van der Waals surface area (Å²) in [6.45, 7) is 12.2. The van der Waals surface area contributed by atoms with Crippen LogP contribution < -0.4 is 19.3 Å². The van der Waals surface area contributed by atoms with E-state index in [1.54, 1.807) is 38.8 Å². The molecule has 0 unspecified atom stereocenters. The van der Waals surface area contributed by atoms with E-state index < -0.39 is 0 Å². The van der Waals surface area contributed by atoms with Crippen molar-refractivity contribution in [2.45, 2.75) is 0 Å². The van der Waals surface area contributed by atoms with Crippen LogP contribution >= 0.6 is 0 Å². The maximum Gasteiger partial charge on any atom is 4.00 e. The molecule has 8 nitrogen and oxygen atoms in total. The van der Waals surface area contributed by atoms with Crippen molar-refractivity contribution in [1.82, 2.24) is 9.80 Å². The number of anilines is 2. The minimum atomic E-state index is 0. The number of benzene rings is 2. The Bertz CT molecular complexity index is 1050. The zero-order valence-electron chi connectivity index (χ0n) is 18.0. The van der Waals surface area contributed by atoms with E-state index in [4.69, 9.17) is 16.0 Å². The van der Waals surface area contributed by atoms with E-state index >= 15 is 0 Å². The molecule has 0 fully saturated rings. The van der Waals surface area contributed by atoms with Crippen molar-refractivity contribution in [3.8, 4) is 17.6 Å². The third-order valence-electron chi connectivity index (χ3n) is 5.00. The van der Waals surface area contributed by atoms with Gasteiger partial charge in [-0.1, -0.05) is 13.2 Å². The molecule has 2 aromatic rings. The molecule has 0 radical (unpaired) electrons. The third-order valence-corrected chi connectivity index (χ3v) is 5.00. The molecule has 2 heterocycles. The standard InChI is InChI=1S/C24H20N6O2.Pt/c1-26-24-16-30(20-7-5-9-23(13-20)32-3)18-28(24)11-10-27-17-29(15-21(27)14-25)19-6-4-8-22(12-19)31-2;/h4-5,8-9,12-13,15-18H,10-11H2,2-3H3;/q-4;+4. The maximum absolute atomic E-state index is 9.59. The summed E-state index contributed by atoms with van der Waals surface area (Å²) in [4.78, 5) is 11.0. The van der Waals surface area contributed by atoms with Crippen LogP contribution in [-0.4, -0.2) is 37.1 Å². The molecule has 0 spiro atoms. The van der Waals surface area contributed by atoms with E-state index in [1.807, 2.05) is 57.2 Å². The van der Waals surface area contributed by atoms with Gasteiger partial charge in [-0.25, -0.2) is 0 Å². The van der Waals surface area contributed by atoms with Gasteiger partial charge in [0, 0.05) is 24.2 Å². The molecule has 0 saturated heterocycles. The summed E-state index contributed by atoms with van der Waals surface area (Å²) in [7, 11) is 3.22. The molecule has 0 bridgehead atoms. The summed E-state index contributed by atoms with van der Waals surface area (Å²) >= 11 is 0. The van der Waals surface area contributed by atoms with Gasteiger partial charge in [0.2, 0.25) is 5.82 Å². The molecule has 2 aromatic carbocycles. The van der Waals surface area contributed by atoms with Crippen LogP contribution in [0.4, 0.5) is 11.4 Å². The Hall–Kier alpha value is -3.61. The topological polar surface area (TPSA) is 59.6 Å². The number of rotatable bonds is 7. The number of ether oxygens (including phenoxy) is 2. The largest absolute Gasteiger partial charge is 4.00 e. The van der Waals surface area contributed by atoms with Crippen molar-refractivity contribution in [3.63, 3.8) is 0 Å². The van der Waals surface area contributed by atoms with Crippen LogP contribution in [0, 0.1) is 43.4 Å². The Morgan fingerprint density at radius 2 is 1.52 bits per heavy atom. The van der Waals surface area contributed by atoms with Crippen LogP contribution in [0.25, 0.3) is 4.85 Å². The van der Waals surface area contributed by atoms with Crippen molar-refractivity contribution in [3.05, 3.63) is 97.2 Å². The summed E-state index contributed by atoms with van der Waals surface area (Å²) in [6.07, 6.45) is 3.51. The number of hydrogen-bond donors (Lipinski definition) is 0. The van der Waals surface area contributed by atoms with Crippen LogP contribution in [0.5, 0.6) is 11.5 Å². The number of methoxy groups -OCH3 is 2. The maximum atomic E-state index is 9.59. The number of nitrogens with zero attached hydrogens (tertiary/aromatic N) is 6. The zero-order valence-corrected chi connectivity index (χ0v) is 20.3. The first kappa shape index (κ1) is 24.0. The average Bonchev–Trinajstić information content (AvgIpc) is 3.46. The average molecular weight is 620 g/mol. The zero-order chi connectivity index (χ0) is 22.5. The Balaban J connectivity index is 0.00000306. The molecule has 33 heavy (non-hydrogen) atoms. The molecule has 168 valence electrons. The van der Waals surface area contributed by atoms with Gasteiger partial charge in [-0.3, -0.25) is 0 Å². The first-order chi connectivity index (χ1) is 15.6. The summed E-state index contributed by atoms with van der Waals surface area (Å²) in [5.41, 5.74) is 2.05. The van der Waals surface area contributed by atoms with Gasteiger partial charge < -0.3 is 33.9 Å². The van der Waals surface area contributed by atoms with Gasteiger partial charge in [-0.05, 0) is 6.20 Å². The molecular weight excluding hydrogens is 599 g/mol. The van der Waals surface area contributed by atoms with Crippen molar-refractivity contribution in [1.29, 1.82) is 5.26 Å². The number of allylic oxidation sites excluding steroid dienone is 1. The van der Waals surface area contributed by atoms with E-state index in [0.717, 1.165) is 11.4 Å². The van der Waals surface area contributed by atoms with Gasteiger partial charge in [0.05, 0.1) is 20.8 Å². The Labute approximate surface area is 208 Å². The predicted octanol–water partition coefficient (Wildman–Crippen LogP) is 3.57. The molecule has 0 aliphatic carbocycles. The van der Waals surface area contributed by atoms with Gasteiger partial charge in [-0.15, -0.1) is 35.6 Å². The van der Waals surface area contributed by atoms with Crippen LogP contribution in [0.2, 0.25) is 0 Å². The summed E-state index contributed by atoms with van der Waals surface area (Å²) in [5.74, 6) is 1.92. The normalized spacial score (nSPS) is 14.8. The number of nitriles is 1. The fourth-order valence-electron chi connectivity index (χ4n) is 3.33. The summed E-state index contributed by atoms with van der Waals surface area (Å²) < 4.78 is 10.6. The molecule has 0 N–H and O–H groups in total. The van der Waals surface area contributed by atoms with Gasteiger partial charge >= 0.3 is 21.1 Å². The molecule has 2 aliphatic heterocycles. The van der Waals surface area contributed by atoms with Gasteiger partial charge in [0.25, 0.3) is 0 Å². The van der Waals surface area contributed by atoms with E-state index in [2.05, 4.69) is 23.0 Å². The minimum absolute atomic E-state index is 0. The SMILES string of the molecule is [C-]#[N+]C1=CN(c2[c-]ccc(OC)c2)[CH-]N1CCN1[CH-]N(c2[c-]ccc(OC)c2)C=C1C#N.[Pt+4]. The summed E-state index contributed by atoms with van der Waals surface area (Å²) in [5, 5.41) is 9.59. The van der Waals surface area contributed by atoms with Crippen molar-refractivity contribution >= 4 is 11.4 Å². The molecule has 2 aliphatic rings. The van der Waals surface area contributed by atoms with E-state index in [0.29, 0.717) is 36.1 Å². The van der Waals surface area contributed by atoms with Gasteiger partial charge in [-0.2, -0.15) is 36.2 Å².